The monoisotopic (exact) mass is 336 g/mol. The predicted molar refractivity (Wildman–Crippen MR) is 86.3 cm³/mol. The van der Waals surface area contributed by atoms with Crippen molar-refractivity contribution in [3.8, 4) is 5.75 Å². The standard InChI is InChI=1S/C16H21BrN2O/c1-4-18-12(2)15-6-5-9-19(15)11-13-10-14(17)7-8-16(13)20-3/h5-10,12,18H,4,11H2,1-3H3. The van der Waals surface area contributed by atoms with E-state index >= 15 is 0 Å². The quantitative estimate of drug-likeness (QED) is 0.863. The second-order valence-corrected chi connectivity index (χ2v) is 5.71. The summed E-state index contributed by atoms with van der Waals surface area (Å²) < 4.78 is 8.78. The minimum atomic E-state index is 0.341. The highest BCUT2D eigenvalue weighted by Gasteiger charge is 2.11. The molecule has 1 aromatic heterocycles. The summed E-state index contributed by atoms with van der Waals surface area (Å²) in [6.07, 6.45) is 2.11. The number of hydrogen-bond donors (Lipinski definition) is 1. The van der Waals surface area contributed by atoms with Crippen molar-refractivity contribution in [2.24, 2.45) is 0 Å². The van der Waals surface area contributed by atoms with Crippen molar-refractivity contribution in [2.75, 3.05) is 13.7 Å². The first-order valence-electron chi connectivity index (χ1n) is 6.86. The van der Waals surface area contributed by atoms with Crippen LogP contribution in [-0.4, -0.2) is 18.2 Å². The van der Waals surface area contributed by atoms with Crippen molar-refractivity contribution in [2.45, 2.75) is 26.4 Å². The maximum atomic E-state index is 5.45. The van der Waals surface area contributed by atoms with E-state index in [2.05, 4.69) is 64.1 Å². The van der Waals surface area contributed by atoms with Gasteiger partial charge in [0.2, 0.25) is 0 Å². The second-order valence-electron chi connectivity index (χ2n) is 4.80. The van der Waals surface area contributed by atoms with E-state index in [0.29, 0.717) is 6.04 Å². The number of ether oxygens (including phenoxy) is 1. The molecule has 0 radical (unpaired) electrons. The van der Waals surface area contributed by atoms with Crippen LogP contribution in [0.4, 0.5) is 0 Å². The lowest BCUT2D eigenvalue weighted by Gasteiger charge is -2.17. The van der Waals surface area contributed by atoms with Gasteiger partial charge in [0.1, 0.15) is 5.75 Å². The van der Waals surface area contributed by atoms with E-state index in [-0.39, 0.29) is 0 Å². The minimum Gasteiger partial charge on any atom is -0.496 e. The lowest BCUT2D eigenvalue weighted by atomic mass is 10.2. The fourth-order valence-corrected chi connectivity index (χ4v) is 2.84. The molecule has 2 rings (SSSR count). The predicted octanol–water partition coefficient (Wildman–Crippen LogP) is 3.98. The maximum absolute atomic E-state index is 5.45. The minimum absolute atomic E-state index is 0.341. The molecule has 2 aromatic rings. The molecule has 108 valence electrons. The van der Waals surface area contributed by atoms with Crippen LogP contribution in [0, 0.1) is 0 Å². The van der Waals surface area contributed by atoms with E-state index in [9.17, 15) is 0 Å². The summed E-state index contributed by atoms with van der Waals surface area (Å²) in [7, 11) is 1.71. The van der Waals surface area contributed by atoms with E-state index < -0.39 is 0 Å². The van der Waals surface area contributed by atoms with Crippen molar-refractivity contribution in [1.29, 1.82) is 0 Å². The molecule has 0 saturated heterocycles. The van der Waals surface area contributed by atoms with Crippen molar-refractivity contribution in [1.82, 2.24) is 9.88 Å². The van der Waals surface area contributed by atoms with Gasteiger partial charge < -0.3 is 14.6 Å². The Kier molecular flexibility index (Phi) is 5.26. The van der Waals surface area contributed by atoms with Crippen LogP contribution in [0.15, 0.2) is 41.0 Å². The fourth-order valence-electron chi connectivity index (χ4n) is 2.43. The summed E-state index contributed by atoms with van der Waals surface area (Å²) in [5, 5.41) is 3.45. The molecule has 1 atom stereocenters. The molecular weight excluding hydrogens is 316 g/mol. The number of aromatic nitrogens is 1. The molecule has 0 aliphatic carbocycles. The average Bonchev–Trinajstić information content (AvgIpc) is 2.87. The van der Waals surface area contributed by atoms with Crippen LogP contribution in [0.2, 0.25) is 0 Å². The summed E-state index contributed by atoms with van der Waals surface area (Å²) in [4.78, 5) is 0. The molecule has 0 aliphatic rings. The third-order valence-corrected chi connectivity index (χ3v) is 3.89. The smallest absolute Gasteiger partial charge is 0.123 e. The first kappa shape index (κ1) is 15.1. The number of rotatable bonds is 6. The summed E-state index contributed by atoms with van der Waals surface area (Å²) in [6.45, 7) is 6.09. The lowest BCUT2D eigenvalue weighted by molar-refractivity contribution is 0.407. The van der Waals surface area contributed by atoms with Gasteiger partial charge in [0.15, 0.2) is 0 Å². The molecule has 1 heterocycles. The van der Waals surface area contributed by atoms with E-state index in [0.717, 1.165) is 23.3 Å². The maximum Gasteiger partial charge on any atom is 0.123 e. The SMILES string of the molecule is CCNC(C)c1cccn1Cc1cc(Br)ccc1OC. The normalized spacial score (nSPS) is 12.4. The van der Waals surface area contributed by atoms with Gasteiger partial charge in [-0.05, 0) is 43.8 Å². The van der Waals surface area contributed by atoms with Crippen LogP contribution >= 0.6 is 15.9 Å². The number of nitrogens with one attached hydrogen (secondary N) is 1. The molecule has 0 spiro atoms. The Morgan fingerprint density at radius 3 is 2.85 bits per heavy atom. The van der Waals surface area contributed by atoms with Crippen molar-refractivity contribution in [3.05, 3.63) is 52.3 Å². The fraction of sp³-hybridized carbons (Fsp3) is 0.375. The molecule has 0 amide bonds. The number of methoxy groups -OCH3 is 1. The Morgan fingerprint density at radius 1 is 1.35 bits per heavy atom. The van der Waals surface area contributed by atoms with Crippen molar-refractivity contribution in [3.63, 3.8) is 0 Å². The van der Waals surface area contributed by atoms with Crippen molar-refractivity contribution < 1.29 is 4.74 Å². The summed E-state index contributed by atoms with van der Waals surface area (Å²) in [6, 6.07) is 10.7. The zero-order valence-corrected chi connectivity index (χ0v) is 13.8. The summed E-state index contributed by atoms with van der Waals surface area (Å²) in [5.41, 5.74) is 2.46. The van der Waals surface area contributed by atoms with Gasteiger partial charge in [-0.15, -0.1) is 0 Å². The van der Waals surface area contributed by atoms with E-state index in [4.69, 9.17) is 4.74 Å². The van der Waals surface area contributed by atoms with Gasteiger partial charge in [0.25, 0.3) is 0 Å². The molecule has 0 saturated carbocycles. The molecule has 4 heteroatoms. The number of halogens is 1. The number of hydrogen-bond acceptors (Lipinski definition) is 2. The highest BCUT2D eigenvalue weighted by molar-refractivity contribution is 9.10. The molecule has 0 bridgehead atoms. The van der Waals surface area contributed by atoms with Gasteiger partial charge in [-0.25, -0.2) is 0 Å². The third kappa shape index (κ3) is 3.44. The Hall–Kier alpha value is -1.26. The van der Waals surface area contributed by atoms with E-state index in [1.54, 1.807) is 7.11 Å². The van der Waals surface area contributed by atoms with Gasteiger partial charge in [0.05, 0.1) is 13.7 Å². The van der Waals surface area contributed by atoms with Crippen LogP contribution in [0.3, 0.4) is 0 Å². The zero-order chi connectivity index (χ0) is 14.5. The first-order valence-corrected chi connectivity index (χ1v) is 7.65. The molecule has 0 fully saturated rings. The van der Waals surface area contributed by atoms with Crippen LogP contribution in [0.5, 0.6) is 5.75 Å². The van der Waals surface area contributed by atoms with Gasteiger partial charge in [-0.3, -0.25) is 0 Å². The van der Waals surface area contributed by atoms with Gasteiger partial charge in [-0.1, -0.05) is 22.9 Å². The highest BCUT2D eigenvalue weighted by Crippen LogP contribution is 2.25. The van der Waals surface area contributed by atoms with Crippen LogP contribution < -0.4 is 10.1 Å². The van der Waals surface area contributed by atoms with Crippen LogP contribution in [0.1, 0.15) is 31.1 Å². The van der Waals surface area contributed by atoms with E-state index in [1.165, 1.54) is 11.3 Å². The molecular formula is C16H21BrN2O. The van der Waals surface area contributed by atoms with E-state index in [1.807, 2.05) is 12.1 Å². The van der Waals surface area contributed by atoms with Crippen LogP contribution in [0.25, 0.3) is 0 Å². The third-order valence-electron chi connectivity index (χ3n) is 3.40. The number of nitrogens with zero attached hydrogens (tertiary/aromatic N) is 1. The molecule has 0 aliphatic heterocycles. The van der Waals surface area contributed by atoms with Gasteiger partial charge in [-0.2, -0.15) is 0 Å². The van der Waals surface area contributed by atoms with Gasteiger partial charge >= 0.3 is 0 Å². The first-order chi connectivity index (χ1) is 9.65. The van der Waals surface area contributed by atoms with Crippen LogP contribution in [-0.2, 0) is 6.54 Å². The zero-order valence-electron chi connectivity index (χ0n) is 12.2. The van der Waals surface area contributed by atoms with Gasteiger partial charge in [0, 0.05) is 28.0 Å². The Bertz CT molecular complexity index is 565. The second kappa shape index (κ2) is 6.95. The largest absolute Gasteiger partial charge is 0.496 e. The Labute approximate surface area is 129 Å². The molecule has 20 heavy (non-hydrogen) atoms. The molecule has 1 unspecified atom stereocenters. The topological polar surface area (TPSA) is 26.2 Å². The average molecular weight is 337 g/mol. The molecule has 1 N–H and O–H groups in total. The van der Waals surface area contributed by atoms with Crippen molar-refractivity contribution >= 4 is 15.9 Å². The Balaban J connectivity index is 2.26. The number of benzene rings is 1. The summed E-state index contributed by atoms with van der Waals surface area (Å²) >= 11 is 3.52. The lowest BCUT2D eigenvalue weighted by Crippen LogP contribution is -2.20. The summed E-state index contributed by atoms with van der Waals surface area (Å²) in [5.74, 6) is 0.920. The Morgan fingerprint density at radius 2 is 2.15 bits per heavy atom. The molecule has 1 aromatic carbocycles. The molecule has 3 nitrogen and oxygen atoms in total. The highest BCUT2D eigenvalue weighted by atomic mass is 79.9.